The molecule has 0 rings (SSSR count). The van der Waals surface area contributed by atoms with Crippen molar-refractivity contribution in [2.45, 2.75) is 0 Å². The normalized spacial score (nSPS) is 11.6. The van der Waals surface area contributed by atoms with Gasteiger partial charge in [-0.05, 0) is 0 Å². The van der Waals surface area contributed by atoms with Crippen molar-refractivity contribution in [1.29, 1.82) is 0 Å². The molecule has 10 heteroatoms. The van der Waals surface area contributed by atoms with Gasteiger partial charge in [0.05, 0.1) is 0 Å². The summed E-state index contributed by atoms with van der Waals surface area (Å²) in [7, 11) is -7.83. The molecule has 10 heavy (non-hydrogen) atoms. The summed E-state index contributed by atoms with van der Waals surface area (Å²) in [4.78, 5) is 0. The van der Waals surface area contributed by atoms with Crippen molar-refractivity contribution in [1.82, 2.24) is 0 Å². The first-order valence-electron chi connectivity index (χ1n) is 1.56. The summed E-state index contributed by atoms with van der Waals surface area (Å²) in [6.45, 7) is 0. The fourth-order valence-corrected chi connectivity index (χ4v) is 0. The zero-order valence-electron chi connectivity index (χ0n) is 4.63. The molecule has 8 nitrogen and oxygen atoms in total. The lowest BCUT2D eigenvalue weighted by Crippen LogP contribution is -2.21. The van der Waals surface area contributed by atoms with Crippen molar-refractivity contribution in [2.24, 2.45) is 15.4 Å². The predicted molar refractivity (Wildman–Crippen MR) is 33.0 cm³/mol. The second-order valence-electron chi connectivity index (χ2n) is 1.10. The molecule has 0 aromatic carbocycles. The summed E-state index contributed by atoms with van der Waals surface area (Å²) in [5.41, 5.74) is 0. The van der Waals surface area contributed by atoms with E-state index in [1.807, 2.05) is 0 Å². The average molecular weight is 193 g/mol. The smallest absolute Gasteiger partial charge is 0.274 e. The van der Waals surface area contributed by atoms with Gasteiger partial charge in [-0.1, -0.05) is 0 Å². The van der Waals surface area contributed by atoms with Gasteiger partial charge in [0.2, 0.25) is 0 Å². The summed E-state index contributed by atoms with van der Waals surface area (Å²) >= 11 is 0. The average Bonchev–Trinajstić information content (AvgIpc) is 1.12. The van der Waals surface area contributed by atoms with Crippen LogP contribution in [-0.2, 0) is 20.5 Å². The van der Waals surface area contributed by atoms with Gasteiger partial charge in [0, 0.05) is 0 Å². The highest BCUT2D eigenvalue weighted by molar-refractivity contribution is 7.86. The molecule has 0 aliphatic heterocycles. The quantitative estimate of drug-likeness (QED) is 0.298. The zero-order valence-corrected chi connectivity index (χ0v) is 6.26. The van der Waals surface area contributed by atoms with Crippen LogP contribution in [0.5, 0.6) is 0 Å². The minimum absolute atomic E-state index is 3.67. The van der Waals surface area contributed by atoms with Gasteiger partial charge in [-0.2, -0.15) is 16.8 Å². The molecule has 0 saturated carbocycles. The Labute approximate surface area is 58.1 Å². The molecule has 0 amide bonds. The minimum atomic E-state index is -4.17. The second-order valence-corrected chi connectivity index (χ2v) is 3.31. The Balaban J connectivity index is 0. The first kappa shape index (κ1) is 12.4. The van der Waals surface area contributed by atoms with Gasteiger partial charge in [0.15, 0.2) is 0 Å². The molecule has 0 saturated heterocycles. The van der Waals surface area contributed by atoms with E-state index in [-0.39, 0.29) is 0 Å². The van der Waals surface area contributed by atoms with Gasteiger partial charge < -0.3 is 0 Å². The maximum absolute atomic E-state index is 9.19. The summed E-state index contributed by atoms with van der Waals surface area (Å²) in [6, 6.07) is 0. The van der Waals surface area contributed by atoms with Crippen LogP contribution in [0.25, 0.3) is 0 Å². The van der Waals surface area contributed by atoms with Gasteiger partial charge >= 0.3 is 10.3 Å². The van der Waals surface area contributed by atoms with E-state index < -0.39 is 20.5 Å². The van der Waals surface area contributed by atoms with Crippen LogP contribution in [0, 0.1) is 0 Å². The molecule has 64 valence electrons. The Morgan fingerprint density at radius 2 is 0.900 bits per heavy atom. The Morgan fingerprint density at radius 1 is 0.900 bits per heavy atom. The monoisotopic (exact) mass is 193 g/mol. The van der Waals surface area contributed by atoms with Crippen LogP contribution in [0.15, 0.2) is 0 Å². The third-order valence-electron chi connectivity index (χ3n) is 0. The van der Waals surface area contributed by atoms with Crippen LogP contribution >= 0.6 is 0 Å². The number of rotatable bonds is 0. The van der Waals surface area contributed by atoms with Gasteiger partial charge in [-0.3, -0.25) is 4.55 Å². The Hall–Kier alpha value is -0.260. The van der Waals surface area contributed by atoms with Gasteiger partial charge in [-0.15, -0.1) is 0 Å². The highest BCUT2D eigenvalue weighted by Gasteiger charge is 1.81. The maximum atomic E-state index is 9.19. The summed E-state index contributed by atoms with van der Waals surface area (Å²) in [5, 5.41) is 12.1. The fraction of sp³-hybridized carbons (Fsp3) is 0. The molecule has 0 aliphatic rings. The van der Waals surface area contributed by atoms with Gasteiger partial charge in [0.1, 0.15) is 0 Å². The van der Waals surface area contributed by atoms with Gasteiger partial charge in [0.25, 0.3) is 10.2 Å². The molecule has 0 heterocycles. The molecular formula is H7N3O5S2. The van der Waals surface area contributed by atoms with E-state index >= 15 is 0 Å². The first-order valence-corrected chi connectivity index (χ1v) is 4.67. The molecule has 0 atom stereocenters. The van der Waals surface area contributed by atoms with E-state index in [2.05, 4.69) is 15.4 Å². The van der Waals surface area contributed by atoms with Crippen LogP contribution in [-0.4, -0.2) is 21.4 Å². The largest absolute Gasteiger partial charge is 0.330 e. The van der Waals surface area contributed by atoms with Crippen molar-refractivity contribution in [3.05, 3.63) is 0 Å². The van der Waals surface area contributed by atoms with Crippen molar-refractivity contribution in [2.75, 3.05) is 0 Å². The van der Waals surface area contributed by atoms with E-state index in [0.717, 1.165) is 0 Å². The lowest BCUT2D eigenvalue weighted by Gasteiger charge is -1.72. The van der Waals surface area contributed by atoms with Crippen LogP contribution in [0.1, 0.15) is 0 Å². The maximum Gasteiger partial charge on any atom is 0.330 e. The molecule has 0 fully saturated rings. The lowest BCUT2D eigenvalue weighted by molar-refractivity contribution is 0.485. The molecule has 0 bridgehead atoms. The minimum Gasteiger partial charge on any atom is -0.274 e. The van der Waals surface area contributed by atoms with E-state index in [9.17, 15) is 8.42 Å². The summed E-state index contributed by atoms with van der Waals surface area (Å²) < 4.78 is 43.6. The van der Waals surface area contributed by atoms with Crippen LogP contribution in [0.2, 0.25) is 0 Å². The molecule has 0 radical (unpaired) electrons. The number of hydrogen-bond acceptors (Lipinski definition) is 4. The van der Waals surface area contributed by atoms with E-state index in [1.165, 1.54) is 0 Å². The Morgan fingerprint density at radius 3 is 0.900 bits per heavy atom. The van der Waals surface area contributed by atoms with Crippen molar-refractivity contribution < 1.29 is 21.4 Å². The summed E-state index contributed by atoms with van der Waals surface area (Å²) in [5.74, 6) is 0. The Kier molecular flexibility index (Phi) is 4.72. The number of hydrogen-bond donors (Lipinski definition) is 4. The van der Waals surface area contributed by atoms with Crippen LogP contribution < -0.4 is 15.4 Å². The highest BCUT2D eigenvalue weighted by atomic mass is 32.2. The van der Waals surface area contributed by atoms with Crippen LogP contribution in [0.3, 0.4) is 0 Å². The van der Waals surface area contributed by atoms with E-state index in [1.54, 1.807) is 0 Å². The zero-order chi connectivity index (χ0) is 9.00. The standard InChI is InChI=1S/H4N2O2S.H3NO3S/c2*1-5(2,3)4/h(H4,1,2,3,4);(H3,1,2,3,4). The van der Waals surface area contributed by atoms with E-state index in [0.29, 0.717) is 0 Å². The molecule has 0 aliphatic carbocycles. The molecule has 0 spiro atoms. The number of nitrogens with two attached hydrogens (primary N) is 3. The first-order chi connectivity index (χ1) is 4.00. The van der Waals surface area contributed by atoms with Gasteiger partial charge in [-0.25, -0.2) is 15.4 Å². The SMILES string of the molecule is NS(=O)(=O)O.NS(N)(=O)=O. The fourth-order valence-electron chi connectivity index (χ4n) is 0. The van der Waals surface area contributed by atoms with E-state index in [4.69, 9.17) is 13.0 Å². The van der Waals surface area contributed by atoms with Crippen molar-refractivity contribution in [3.8, 4) is 0 Å². The third kappa shape index (κ3) is 5200. The molecule has 7 N–H and O–H groups in total. The van der Waals surface area contributed by atoms with Crippen molar-refractivity contribution in [3.63, 3.8) is 0 Å². The lowest BCUT2D eigenvalue weighted by atomic mass is 13.9. The highest BCUT2D eigenvalue weighted by Crippen LogP contribution is 1.50. The van der Waals surface area contributed by atoms with Crippen LogP contribution in [0.4, 0.5) is 0 Å². The molecule has 0 aromatic heterocycles. The molecule has 0 aromatic rings. The third-order valence-corrected chi connectivity index (χ3v) is 0. The van der Waals surface area contributed by atoms with Crippen molar-refractivity contribution >= 4 is 20.5 Å². The predicted octanol–water partition coefficient (Wildman–Crippen LogP) is -3.10. The second kappa shape index (κ2) is 3.80. The topological polar surface area (TPSA) is 167 Å². The molecule has 0 unspecified atom stereocenters. The summed E-state index contributed by atoms with van der Waals surface area (Å²) in [6.07, 6.45) is 0. The Bertz CT molecular complexity index is 211. The molecular weight excluding hydrogens is 186 g/mol.